The first kappa shape index (κ1) is 12.7. The van der Waals surface area contributed by atoms with Gasteiger partial charge in [0, 0.05) is 12.6 Å². The number of morpholine rings is 1. The Bertz CT molecular complexity index is 159. The topological polar surface area (TPSA) is 58.6 Å². The van der Waals surface area contributed by atoms with E-state index in [1.165, 1.54) is 0 Å². The number of ether oxygens (including phenoxy) is 1. The van der Waals surface area contributed by atoms with Gasteiger partial charge in [-0.05, 0) is 6.42 Å². The van der Waals surface area contributed by atoms with E-state index in [0.29, 0.717) is 13.0 Å². The number of carboxylic acid groups (broad SMARTS) is 1. The molecule has 1 heterocycles. The van der Waals surface area contributed by atoms with Crippen molar-refractivity contribution in [3.05, 3.63) is 0 Å². The average Bonchev–Trinajstić information content (AvgIpc) is 2.06. The van der Waals surface area contributed by atoms with Gasteiger partial charge in [-0.25, -0.2) is 0 Å². The Balaban J connectivity index is 0.00000144. The number of halogens is 1. The lowest BCUT2D eigenvalue weighted by molar-refractivity contribution is -0.141. The van der Waals surface area contributed by atoms with Crippen molar-refractivity contribution in [2.45, 2.75) is 19.4 Å². The molecule has 1 saturated heterocycles. The van der Waals surface area contributed by atoms with Crippen molar-refractivity contribution in [3.63, 3.8) is 0 Å². The number of carboxylic acids is 1. The summed E-state index contributed by atoms with van der Waals surface area (Å²) in [5, 5.41) is 11.9. The fourth-order valence-corrected chi connectivity index (χ4v) is 1.30. The van der Waals surface area contributed by atoms with Crippen LogP contribution in [0.5, 0.6) is 0 Å². The standard InChI is InChI=1S/C8H15NO3.ClH/c1-6(8(10)11)4-7-5-12-3-2-9-7;/h6-7,9H,2-5H2,1H3,(H,10,11);1H. The predicted octanol–water partition coefficient (Wildman–Crippen LogP) is 0.507. The van der Waals surface area contributed by atoms with Crippen molar-refractivity contribution >= 4 is 18.4 Å². The second kappa shape index (κ2) is 6.18. The molecule has 0 bridgehead atoms. The van der Waals surface area contributed by atoms with Gasteiger partial charge >= 0.3 is 5.97 Å². The first-order chi connectivity index (χ1) is 5.70. The van der Waals surface area contributed by atoms with Crippen LogP contribution < -0.4 is 5.32 Å². The van der Waals surface area contributed by atoms with Gasteiger partial charge in [0.05, 0.1) is 19.1 Å². The van der Waals surface area contributed by atoms with Gasteiger partial charge < -0.3 is 15.2 Å². The quantitative estimate of drug-likeness (QED) is 0.711. The van der Waals surface area contributed by atoms with Crippen LogP contribution in [-0.4, -0.2) is 36.9 Å². The van der Waals surface area contributed by atoms with E-state index in [1.807, 2.05) is 0 Å². The molecule has 0 radical (unpaired) electrons. The Hall–Kier alpha value is -0.320. The van der Waals surface area contributed by atoms with E-state index in [9.17, 15) is 4.79 Å². The maximum absolute atomic E-state index is 10.5. The van der Waals surface area contributed by atoms with Gasteiger partial charge in [0.25, 0.3) is 0 Å². The molecule has 5 heteroatoms. The summed E-state index contributed by atoms with van der Waals surface area (Å²) < 4.78 is 5.21. The molecular formula is C8H16ClNO3. The zero-order valence-electron chi connectivity index (χ0n) is 7.66. The lowest BCUT2D eigenvalue weighted by Gasteiger charge is -2.24. The minimum Gasteiger partial charge on any atom is -0.481 e. The molecule has 0 saturated carbocycles. The number of rotatable bonds is 3. The van der Waals surface area contributed by atoms with Crippen LogP contribution in [0, 0.1) is 5.92 Å². The number of carbonyl (C=O) groups is 1. The second-order valence-corrected chi connectivity index (χ2v) is 3.20. The molecule has 1 aliphatic heterocycles. The molecule has 0 aromatic heterocycles. The highest BCUT2D eigenvalue weighted by Gasteiger charge is 2.19. The fraction of sp³-hybridized carbons (Fsp3) is 0.875. The lowest BCUT2D eigenvalue weighted by atomic mass is 10.0. The molecule has 0 aromatic rings. The predicted molar refractivity (Wildman–Crippen MR) is 51.3 cm³/mol. The number of hydrogen-bond acceptors (Lipinski definition) is 3. The smallest absolute Gasteiger partial charge is 0.306 e. The molecule has 0 spiro atoms. The van der Waals surface area contributed by atoms with Gasteiger partial charge in [-0.2, -0.15) is 0 Å². The average molecular weight is 210 g/mol. The summed E-state index contributed by atoms with van der Waals surface area (Å²) in [5.74, 6) is -1.02. The van der Waals surface area contributed by atoms with E-state index >= 15 is 0 Å². The van der Waals surface area contributed by atoms with Gasteiger partial charge in [0.15, 0.2) is 0 Å². The van der Waals surface area contributed by atoms with Gasteiger partial charge in [0.1, 0.15) is 0 Å². The first-order valence-electron chi connectivity index (χ1n) is 4.24. The number of hydrogen-bond donors (Lipinski definition) is 2. The van der Waals surface area contributed by atoms with E-state index < -0.39 is 5.97 Å². The van der Waals surface area contributed by atoms with Crippen LogP contribution in [0.4, 0.5) is 0 Å². The molecule has 1 rings (SSSR count). The summed E-state index contributed by atoms with van der Waals surface area (Å²) in [4.78, 5) is 10.5. The summed E-state index contributed by atoms with van der Waals surface area (Å²) in [6.07, 6.45) is 0.648. The fourth-order valence-electron chi connectivity index (χ4n) is 1.30. The summed E-state index contributed by atoms with van der Waals surface area (Å²) in [5.41, 5.74) is 0. The van der Waals surface area contributed by atoms with Crippen LogP contribution in [0.25, 0.3) is 0 Å². The molecule has 2 atom stereocenters. The van der Waals surface area contributed by atoms with Crippen LogP contribution in [0.15, 0.2) is 0 Å². The molecule has 2 N–H and O–H groups in total. The van der Waals surface area contributed by atoms with E-state index in [4.69, 9.17) is 9.84 Å². The molecule has 0 aromatic carbocycles. The number of aliphatic carboxylic acids is 1. The highest BCUT2D eigenvalue weighted by molar-refractivity contribution is 5.85. The Labute approximate surface area is 84.1 Å². The maximum Gasteiger partial charge on any atom is 0.306 e. The monoisotopic (exact) mass is 209 g/mol. The molecule has 13 heavy (non-hydrogen) atoms. The molecule has 2 unspecified atom stereocenters. The molecule has 1 aliphatic rings. The van der Waals surface area contributed by atoms with Crippen LogP contribution in [0.3, 0.4) is 0 Å². The van der Waals surface area contributed by atoms with Gasteiger partial charge in [-0.1, -0.05) is 6.92 Å². The van der Waals surface area contributed by atoms with Crippen LogP contribution in [0.2, 0.25) is 0 Å². The minimum atomic E-state index is -0.734. The molecular weight excluding hydrogens is 194 g/mol. The Kier molecular flexibility index (Phi) is 6.03. The Morgan fingerprint density at radius 3 is 2.92 bits per heavy atom. The van der Waals surface area contributed by atoms with Crippen LogP contribution in [0.1, 0.15) is 13.3 Å². The van der Waals surface area contributed by atoms with E-state index in [1.54, 1.807) is 6.92 Å². The molecule has 78 valence electrons. The van der Waals surface area contributed by atoms with Crippen molar-refractivity contribution in [3.8, 4) is 0 Å². The molecule has 4 nitrogen and oxygen atoms in total. The van der Waals surface area contributed by atoms with Crippen LogP contribution in [-0.2, 0) is 9.53 Å². The zero-order valence-corrected chi connectivity index (χ0v) is 8.47. The van der Waals surface area contributed by atoms with Crippen molar-refractivity contribution in [1.29, 1.82) is 0 Å². The normalized spacial score (nSPS) is 24.5. The highest BCUT2D eigenvalue weighted by Crippen LogP contribution is 2.08. The molecule has 0 amide bonds. The van der Waals surface area contributed by atoms with E-state index in [2.05, 4.69) is 5.32 Å². The number of nitrogens with one attached hydrogen (secondary N) is 1. The lowest BCUT2D eigenvalue weighted by Crippen LogP contribution is -2.42. The zero-order chi connectivity index (χ0) is 8.97. The second-order valence-electron chi connectivity index (χ2n) is 3.20. The Morgan fingerprint density at radius 1 is 1.77 bits per heavy atom. The molecule has 0 aliphatic carbocycles. The summed E-state index contributed by atoms with van der Waals surface area (Å²) in [6.45, 7) is 3.92. The van der Waals surface area contributed by atoms with Gasteiger partial charge in [0.2, 0.25) is 0 Å². The Morgan fingerprint density at radius 2 is 2.46 bits per heavy atom. The third kappa shape index (κ3) is 4.45. The van der Waals surface area contributed by atoms with Crippen molar-refractivity contribution in [1.82, 2.24) is 5.32 Å². The van der Waals surface area contributed by atoms with Crippen molar-refractivity contribution in [2.75, 3.05) is 19.8 Å². The van der Waals surface area contributed by atoms with Gasteiger partial charge in [-0.3, -0.25) is 4.79 Å². The van der Waals surface area contributed by atoms with Crippen molar-refractivity contribution < 1.29 is 14.6 Å². The third-order valence-electron chi connectivity index (χ3n) is 2.06. The van der Waals surface area contributed by atoms with Crippen molar-refractivity contribution in [2.24, 2.45) is 5.92 Å². The van der Waals surface area contributed by atoms with E-state index in [0.717, 1.165) is 13.2 Å². The molecule has 1 fully saturated rings. The summed E-state index contributed by atoms with van der Waals surface area (Å²) in [7, 11) is 0. The summed E-state index contributed by atoms with van der Waals surface area (Å²) >= 11 is 0. The largest absolute Gasteiger partial charge is 0.481 e. The summed E-state index contributed by atoms with van der Waals surface area (Å²) in [6, 6.07) is 0.213. The van der Waals surface area contributed by atoms with Crippen LogP contribution >= 0.6 is 12.4 Å². The maximum atomic E-state index is 10.5. The van der Waals surface area contributed by atoms with Gasteiger partial charge in [-0.15, -0.1) is 12.4 Å². The SMILES string of the molecule is CC(CC1COCCN1)C(=O)O.Cl. The first-order valence-corrected chi connectivity index (χ1v) is 4.24. The van der Waals surface area contributed by atoms with E-state index in [-0.39, 0.29) is 24.4 Å². The minimum absolute atomic E-state index is 0. The third-order valence-corrected chi connectivity index (χ3v) is 2.06. The highest BCUT2D eigenvalue weighted by atomic mass is 35.5.